The van der Waals surface area contributed by atoms with Crippen LogP contribution in [0.15, 0.2) is 36.4 Å². The number of hydrogen-bond donors (Lipinski definition) is 0. The number of carbonyl (C=O) groups excluding carboxylic acids is 1. The minimum atomic E-state index is -0.501. The molecule has 0 aliphatic rings. The van der Waals surface area contributed by atoms with Crippen LogP contribution in [0, 0.1) is 12.7 Å². The summed E-state index contributed by atoms with van der Waals surface area (Å²) in [5, 5.41) is 0.217. The molecule has 98 valence electrons. The van der Waals surface area contributed by atoms with E-state index in [4.69, 9.17) is 16.3 Å². The number of rotatable bonds is 3. The number of halogens is 2. The fourth-order valence-corrected chi connectivity index (χ4v) is 2.01. The zero-order valence-corrected chi connectivity index (χ0v) is 11.3. The van der Waals surface area contributed by atoms with Gasteiger partial charge in [0.25, 0.3) is 0 Å². The van der Waals surface area contributed by atoms with Crippen molar-refractivity contribution >= 4 is 17.4 Å². The van der Waals surface area contributed by atoms with Crippen LogP contribution in [0.1, 0.15) is 21.5 Å². The van der Waals surface area contributed by atoms with Crippen LogP contribution in [0.3, 0.4) is 0 Å². The molecule has 2 rings (SSSR count). The third kappa shape index (κ3) is 2.76. The zero-order valence-electron chi connectivity index (χ0n) is 10.5. The molecule has 0 spiro atoms. The van der Waals surface area contributed by atoms with Gasteiger partial charge in [-0.15, -0.1) is 0 Å². The van der Waals surface area contributed by atoms with Gasteiger partial charge in [0.05, 0.1) is 17.7 Å². The quantitative estimate of drug-likeness (QED) is 0.793. The molecule has 0 radical (unpaired) electrons. The number of aryl methyl sites for hydroxylation is 1. The fraction of sp³-hybridized carbons (Fsp3) is 0.133. The van der Waals surface area contributed by atoms with Crippen LogP contribution >= 0.6 is 11.6 Å². The van der Waals surface area contributed by atoms with Crippen molar-refractivity contribution < 1.29 is 13.9 Å². The molecule has 0 aliphatic carbocycles. The standard InChI is InChI=1S/C15H12ClFO2/c1-9-3-5-11(14(7-9)19-2)15(18)12-8-10(17)4-6-13(12)16/h3-8H,1-2H3. The molecule has 4 heteroatoms. The molecule has 0 fully saturated rings. The number of methoxy groups -OCH3 is 1. The van der Waals surface area contributed by atoms with Gasteiger partial charge in [-0.25, -0.2) is 4.39 Å². The molecule has 2 nitrogen and oxygen atoms in total. The molecule has 0 N–H and O–H groups in total. The summed E-state index contributed by atoms with van der Waals surface area (Å²) in [6, 6.07) is 8.90. The fourth-order valence-electron chi connectivity index (χ4n) is 1.80. The summed E-state index contributed by atoms with van der Waals surface area (Å²) in [6.45, 7) is 1.89. The van der Waals surface area contributed by atoms with Gasteiger partial charge in [-0.3, -0.25) is 4.79 Å². The van der Waals surface area contributed by atoms with E-state index in [0.29, 0.717) is 11.3 Å². The second-order valence-corrected chi connectivity index (χ2v) is 4.56. The Balaban J connectivity index is 2.53. The van der Waals surface area contributed by atoms with Crippen LogP contribution in [-0.4, -0.2) is 12.9 Å². The summed E-state index contributed by atoms with van der Waals surface area (Å²) in [4.78, 5) is 12.4. The van der Waals surface area contributed by atoms with E-state index >= 15 is 0 Å². The van der Waals surface area contributed by atoms with Gasteiger partial charge >= 0.3 is 0 Å². The summed E-state index contributed by atoms with van der Waals surface area (Å²) in [5.41, 5.74) is 1.46. The largest absolute Gasteiger partial charge is 0.496 e. The third-order valence-corrected chi connectivity index (χ3v) is 3.10. The number of carbonyl (C=O) groups is 1. The lowest BCUT2D eigenvalue weighted by molar-refractivity contribution is 0.103. The van der Waals surface area contributed by atoms with Crippen molar-refractivity contribution in [1.82, 2.24) is 0 Å². The first kappa shape index (κ1) is 13.6. The highest BCUT2D eigenvalue weighted by Gasteiger charge is 2.17. The van der Waals surface area contributed by atoms with Crippen LogP contribution in [-0.2, 0) is 0 Å². The molecule has 0 aliphatic heterocycles. The summed E-state index contributed by atoms with van der Waals surface area (Å²) >= 11 is 5.94. The van der Waals surface area contributed by atoms with Gasteiger partial charge in [-0.2, -0.15) is 0 Å². The molecule has 0 saturated carbocycles. The summed E-state index contributed by atoms with van der Waals surface area (Å²) in [6.07, 6.45) is 0. The van der Waals surface area contributed by atoms with Gasteiger partial charge in [-0.05, 0) is 42.8 Å². The minimum Gasteiger partial charge on any atom is -0.496 e. The summed E-state index contributed by atoms with van der Waals surface area (Å²) in [7, 11) is 1.48. The molecular weight excluding hydrogens is 267 g/mol. The van der Waals surface area contributed by atoms with Gasteiger partial charge in [0.1, 0.15) is 11.6 Å². The van der Waals surface area contributed by atoms with E-state index in [2.05, 4.69) is 0 Å². The molecule has 0 heterocycles. The van der Waals surface area contributed by atoms with Crippen molar-refractivity contribution in [3.05, 3.63) is 63.9 Å². The van der Waals surface area contributed by atoms with Crippen molar-refractivity contribution in [3.8, 4) is 5.75 Å². The molecule has 0 unspecified atom stereocenters. The smallest absolute Gasteiger partial charge is 0.198 e. The molecule has 0 aromatic heterocycles. The molecule has 19 heavy (non-hydrogen) atoms. The second-order valence-electron chi connectivity index (χ2n) is 4.16. The Morgan fingerprint density at radius 3 is 2.58 bits per heavy atom. The molecule has 0 saturated heterocycles. The lowest BCUT2D eigenvalue weighted by Gasteiger charge is -2.09. The maximum Gasteiger partial charge on any atom is 0.198 e. The van der Waals surface area contributed by atoms with Gasteiger partial charge in [-0.1, -0.05) is 17.7 Å². The Morgan fingerprint density at radius 1 is 1.16 bits per heavy atom. The normalized spacial score (nSPS) is 10.3. The third-order valence-electron chi connectivity index (χ3n) is 2.77. The first-order valence-electron chi connectivity index (χ1n) is 5.67. The lowest BCUT2D eigenvalue weighted by Crippen LogP contribution is -2.05. The van der Waals surface area contributed by atoms with Crippen molar-refractivity contribution in [2.45, 2.75) is 6.92 Å². The first-order valence-corrected chi connectivity index (χ1v) is 6.05. The van der Waals surface area contributed by atoms with E-state index < -0.39 is 5.82 Å². The molecule has 0 amide bonds. The van der Waals surface area contributed by atoms with Crippen LogP contribution in [0.25, 0.3) is 0 Å². The van der Waals surface area contributed by atoms with Crippen LogP contribution in [0.4, 0.5) is 4.39 Å². The van der Waals surface area contributed by atoms with E-state index in [1.807, 2.05) is 6.92 Å². The molecule has 0 atom stereocenters. The van der Waals surface area contributed by atoms with E-state index in [9.17, 15) is 9.18 Å². The van der Waals surface area contributed by atoms with Crippen molar-refractivity contribution in [3.63, 3.8) is 0 Å². The number of ketones is 1. The van der Waals surface area contributed by atoms with Gasteiger partial charge < -0.3 is 4.74 Å². The molecular formula is C15H12ClFO2. The van der Waals surface area contributed by atoms with Crippen molar-refractivity contribution in [2.75, 3.05) is 7.11 Å². The molecule has 2 aromatic carbocycles. The predicted molar refractivity (Wildman–Crippen MR) is 72.6 cm³/mol. The molecule has 2 aromatic rings. The van der Waals surface area contributed by atoms with E-state index in [0.717, 1.165) is 11.6 Å². The summed E-state index contributed by atoms with van der Waals surface area (Å²) < 4.78 is 18.4. The van der Waals surface area contributed by atoms with Crippen LogP contribution in [0.5, 0.6) is 5.75 Å². The zero-order chi connectivity index (χ0) is 14.0. The number of ether oxygens (including phenoxy) is 1. The Hall–Kier alpha value is -1.87. The van der Waals surface area contributed by atoms with Crippen molar-refractivity contribution in [1.29, 1.82) is 0 Å². The lowest BCUT2D eigenvalue weighted by atomic mass is 10.0. The average molecular weight is 279 g/mol. The summed E-state index contributed by atoms with van der Waals surface area (Å²) in [5.74, 6) is -0.412. The first-order chi connectivity index (χ1) is 9.02. The van der Waals surface area contributed by atoms with Crippen molar-refractivity contribution in [2.24, 2.45) is 0 Å². The maximum absolute atomic E-state index is 13.2. The second kappa shape index (κ2) is 5.41. The van der Waals surface area contributed by atoms with Gasteiger partial charge in [0.2, 0.25) is 0 Å². The van der Waals surface area contributed by atoms with Crippen LogP contribution in [0.2, 0.25) is 5.02 Å². The Kier molecular flexibility index (Phi) is 3.86. The van der Waals surface area contributed by atoms with Gasteiger partial charge in [0, 0.05) is 5.56 Å². The number of hydrogen-bond acceptors (Lipinski definition) is 2. The highest BCUT2D eigenvalue weighted by Crippen LogP contribution is 2.26. The van der Waals surface area contributed by atoms with Crippen LogP contribution < -0.4 is 4.74 Å². The average Bonchev–Trinajstić information content (AvgIpc) is 2.40. The minimum absolute atomic E-state index is 0.129. The Bertz CT molecular complexity index is 638. The van der Waals surface area contributed by atoms with E-state index in [-0.39, 0.29) is 16.4 Å². The SMILES string of the molecule is COc1cc(C)ccc1C(=O)c1cc(F)ccc1Cl. The van der Waals surface area contributed by atoms with E-state index in [1.54, 1.807) is 18.2 Å². The topological polar surface area (TPSA) is 26.3 Å². The Morgan fingerprint density at radius 2 is 1.89 bits per heavy atom. The Labute approximate surface area is 115 Å². The number of benzene rings is 2. The van der Waals surface area contributed by atoms with Gasteiger partial charge in [0.15, 0.2) is 5.78 Å². The maximum atomic E-state index is 13.2. The predicted octanol–water partition coefficient (Wildman–Crippen LogP) is 4.03. The monoisotopic (exact) mass is 278 g/mol. The highest BCUT2D eigenvalue weighted by atomic mass is 35.5. The highest BCUT2D eigenvalue weighted by molar-refractivity contribution is 6.35. The molecule has 0 bridgehead atoms. The van der Waals surface area contributed by atoms with E-state index in [1.165, 1.54) is 19.2 Å².